The van der Waals surface area contributed by atoms with Crippen molar-refractivity contribution < 1.29 is 4.74 Å². The molecule has 0 saturated carbocycles. The molecular weight excluding hydrogens is 274 g/mol. The third-order valence-electron chi connectivity index (χ3n) is 4.57. The molecule has 1 aliphatic heterocycles. The van der Waals surface area contributed by atoms with E-state index in [0.29, 0.717) is 5.92 Å². The van der Waals surface area contributed by atoms with Crippen molar-refractivity contribution in [3.8, 4) is 5.75 Å². The van der Waals surface area contributed by atoms with Gasteiger partial charge in [0, 0.05) is 19.3 Å². The van der Waals surface area contributed by atoms with Gasteiger partial charge in [0.2, 0.25) is 0 Å². The zero-order valence-electron chi connectivity index (χ0n) is 13.5. The normalized spacial score (nSPS) is 16.8. The number of methoxy groups -OCH3 is 1. The second-order valence-electron chi connectivity index (χ2n) is 5.96. The van der Waals surface area contributed by atoms with E-state index in [1.165, 1.54) is 24.1 Å². The SMILES string of the molecule is CCn1ccc(CN2CCC(c3ccccc3OC)CC2)n1. The van der Waals surface area contributed by atoms with Crippen molar-refractivity contribution in [3.05, 3.63) is 47.8 Å². The maximum Gasteiger partial charge on any atom is 0.122 e. The maximum atomic E-state index is 5.51. The Bertz CT molecular complexity index is 600. The van der Waals surface area contributed by atoms with Crippen molar-refractivity contribution in [1.29, 1.82) is 0 Å². The van der Waals surface area contributed by atoms with Gasteiger partial charge in [0.1, 0.15) is 5.75 Å². The van der Waals surface area contributed by atoms with Crippen LogP contribution in [-0.2, 0) is 13.1 Å². The van der Waals surface area contributed by atoms with E-state index in [0.717, 1.165) is 31.9 Å². The van der Waals surface area contributed by atoms with Crippen molar-refractivity contribution in [2.24, 2.45) is 0 Å². The van der Waals surface area contributed by atoms with Gasteiger partial charge in [0.25, 0.3) is 0 Å². The molecule has 22 heavy (non-hydrogen) atoms. The number of hydrogen-bond donors (Lipinski definition) is 0. The van der Waals surface area contributed by atoms with E-state index in [1.807, 2.05) is 10.7 Å². The number of benzene rings is 1. The van der Waals surface area contributed by atoms with E-state index in [4.69, 9.17) is 4.74 Å². The number of nitrogens with zero attached hydrogens (tertiary/aromatic N) is 3. The van der Waals surface area contributed by atoms with Crippen LogP contribution in [0.2, 0.25) is 0 Å². The smallest absolute Gasteiger partial charge is 0.122 e. The maximum absolute atomic E-state index is 5.51. The van der Waals surface area contributed by atoms with Gasteiger partial charge in [0.05, 0.1) is 12.8 Å². The third kappa shape index (κ3) is 3.33. The van der Waals surface area contributed by atoms with Crippen molar-refractivity contribution in [1.82, 2.24) is 14.7 Å². The van der Waals surface area contributed by atoms with Crippen LogP contribution in [0.1, 0.15) is 36.9 Å². The summed E-state index contributed by atoms with van der Waals surface area (Å²) >= 11 is 0. The molecule has 1 aromatic heterocycles. The first-order valence-electron chi connectivity index (χ1n) is 8.17. The van der Waals surface area contributed by atoms with Gasteiger partial charge in [-0.2, -0.15) is 5.10 Å². The van der Waals surface area contributed by atoms with Crippen molar-refractivity contribution >= 4 is 0 Å². The van der Waals surface area contributed by atoms with Crippen LogP contribution in [0.15, 0.2) is 36.5 Å². The molecule has 2 aromatic rings. The molecule has 1 saturated heterocycles. The first-order chi connectivity index (χ1) is 10.8. The van der Waals surface area contributed by atoms with Crippen LogP contribution in [0.5, 0.6) is 5.75 Å². The van der Waals surface area contributed by atoms with Gasteiger partial charge < -0.3 is 4.74 Å². The zero-order valence-corrected chi connectivity index (χ0v) is 13.5. The molecule has 0 spiro atoms. The lowest BCUT2D eigenvalue weighted by Crippen LogP contribution is -2.32. The summed E-state index contributed by atoms with van der Waals surface area (Å²) in [5.74, 6) is 1.64. The fourth-order valence-corrected chi connectivity index (χ4v) is 3.30. The summed E-state index contributed by atoms with van der Waals surface area (Å²) < 4.78 is 7.51. The summed E-state index contributed by atoms with van der Waals surface area (Å²) in [5.41, 5.74) is 2.54. The van der Waals surface area contributed by atoms with Gasteiger partial charge in [-0.25, -0.2) is 0 Å². The van der Waals surface area contributed by atoms with Crippen LogP contribution in [0.4, 0.5) is 0 Å². The van der Waals surface area contributed by atoms with Gasteiger partial charge >= 0.3 is 0 Å². The molecule has 0 radical (unpaired) electrons. The number of aromatic nitrogens is 2. The summed E-state index contributed by atoms with van der Waals surface area (Å²) in [4.78, 5) is 2.51. The Kier molecular flexibility index (Phi) is 4.78. The van der Waals surface area contributed by atoms with Gasteiger partial charge in [0.15, 0.2) is 0 Å². The summed E-state index contributed by atoms with van der Waals surface area (Å²) in [6.07, 6.45) is 4.45. The lowest BCUT2D eigenvalue weighted by Gasteiger charge is -2.32. The topological polar surface area (TPSA) is 30.3 Å². The zero-order chi connectivity index (χ0) is 15.4. The van der Waals surface area contributed by atoms with E-state index in [-0.39, 0.29) is 0 Å². The van der Waals surface area contributed by atoms with E-state index in [9.17, 15) is 0 Å². The van der Waals surface area contributed by atoms with Crippen molar-refractivity contribution in [3.63, 3.8) is 0 Å². The summed E-state index contributed by atoms with van der Waals surface area (Å²) in [7, 11) is 1.76. The minimum Gasteiger partial charge on any atom is -0.496 e. The van der Waals surface area contributed by atoms with E-state index in [2.05, 4.69) is 47.4 Å². The second kappa shape index (κ2) is 6.97. The molecule has 1 fully saturated rings. The lowest BCUT2D eigenvalue weighted by atomic mass is 9.89. The Morgan fingerprint density at radius 2 is 1.95 bits per heavy atom. The number of para-hydroxylation sites is 1. The molecular formula is C18H25N3O. The minimum atomic E-state index is 0.612. The third-order valence-corrected chi connectivity index (χ3v) is 4.57. The van der Waals surface area contributed by atoms with Crippen molar-refractivity contribution in [2.75, 3.05) is 20.2 Å². The van der Waals surface area contributed by atoms with E-state index in [1.54, 1.807) is 7.11 Å². The fourth-order valence-electron chi connectivity index (χ4n) is 3.30. The predicted molar refractivity (Wildman–Crippen MR) is 88.1 cm³/mol. The number of likely N-dealkylation sites (tertiary alicyclic amines) is 1. The summed E-state index contributed by atoms with van der Waals surface area (Å²) in [6.45, 7) is 6.28. The highest BCUT2D eigenvalue weighted by Gasteiger charge is 2.23. The Morgan fingerprint density at radius 3 is 2.64 bits per heavy atom. The Labute approximate surface area is 132 Å². The van der Waals surface area contributed by atoms with E-state index >= 15 is 0 Å². The molecule has 0 aliphatic carbocycles. The summed E-state index contributed by atoms with van der Waals surface area (Å²) in [6, 6.07) is 10.6. The molecule has 0 atom stereocenters. The standard InChI is InChI=1S/C18H25N3O/c1-3-21-13-10-16(19-21)14-20-11-8-15(9-12-20)17-6-4-5-7-18(17)22-2/h4-7,10,13,15H,3,8-9,11-12,14H2,1-2H3. The Hall–Kier alpha value is -1.81. The summed E-state index contributed by atoms with van der Waals surface area (Å²) in [5, 5.41) is 4.58. The quantitative estimate of drug-likeness (QED) is 0.848. The molecule has 0 unspecified atom stereocenters. The first-order valence-corrected chi connectivity index (χ1v) is 8.17. The number of rotatable bonds is 5. The van der Waals surface area contributed by atoms with Crippen LogP contribution in [0.25, 0.3) is 0 Å². The molecule has 4 nitrogen and oxygen atoms in total. The highest BCUT2D eigenvalue weighted by molar-refractivity contribution is 5.36. The average molecular weight is 299 g/mol. The first kappa shape index (κ1) is 15.1. The number of piperidine rings is 1. The highest BCUT2D eigenvalue weighted by atomic mass is 16.5. The van der Waals surface area contributed by atoms with E-state index < -0.39 is 0 Å². The Balaban J connectivity index is 1.58. The lowest BCUT2D eigenvalue weighted by molar-refractivity contribution is 0.200. The molecule has 0 bridgehead atoms. The molecule has 118 valence electrons. The monoisotopic (exact) mass is 299 g/mol. The highest BCUT2D eigenvalue weighted by Crippen LogP contribution is 2.34. The largest absolute Gasteiger partial charge is 0.496 e. The van der Waals surface area contributed by atoms with Gasteiger partial charge in [-0.05, 0) is 56.5 Å². The van der Waals surface area contributed by atoms with Crippen LogP contribution < -0.4 is 4.74 Å². The molecule has 0 amide bonds. The number of aryl methyl sites for hydroxylation is 1. The second-order valence-corrected chi connectivity index (χ2v) is 5.96. The Morgan fingerprint density at radius 1 is 1.18 bits per heavy atom. The van der Waals surface area contributed by atoms with Crippen LogP contribution in [0, 0.1) is 0 Å². The molecule has 1 aliphatic rings. The minimum absolute atomic E-state index is 0.612. The fraction of sp³-hybridized carbons (Fsp3) is 0.500. The van der Waals surface area contributed by atoms with Crippen LogP contribution >= 0.6 is 0 Å². The molecule has 0 N–H and O–H groups in total. The number of ether oxygens (including phenoxy) is 1. The van der Waals surface area contributed by atoms with Crippen LogP contribution in [-0.4, -0.2) is 34.9 Å². The van der Waals surface area contributed by atoms with Gasteiger partial charge in [-0.15, -0.1) is 0 Å². The predicted octanol–water partition coefficient (Wildman–Crippen LogP) is 3.29. The molecule has 2 heterocycles. The molecule has 4 heteroatoms. The number of hydrogen-bond acceptors (Lipinski definition) is 3. The average Bonchev–Trinajstić information content (AvgIpc) is 3.03. The van der Waals surface area contributed by atoms with Gasteiger partial charge in [-0.1, -0.05) is 18.2 Å². The van der Waals surface area contributed by atoms with Gasteiger partial charge in [-0.3, -0.25) is 9.58 Å². The van der Waals surface area contributed by atoms with Crippen LogP contribution in [0.3, 0.4) is 0 Å². The molecule has 1 aromatic carbocycles. The van der Waals surface area contributed by atoms with Crippen molar-refractivity contribution in [2.45, 2.75) is 38.8 Å². The molecule has 3 rings (SSSR count).